The molecular weight excluding hydrogens is 312 g/mol. The van der Waals surface area contributed by atoms with Gasteiger partial charge >= 0.3 is 5.97 Å². The second-order valence-corrected chi connectivity index (χ2v) is 5.72. The van der Waals surface area contributed by atoms with Gasteiger partial charge in [-0.1, -0.05) is 5.16 Å². The number of benzene rings is 1. The summed E-state index contributed by atoms with van der Waals surface area (Å²) in [4.78, 5) is 24.5. The van der Waals surface area contributed by atoms with Crippen LogP contribution in [0.4, 0.5) is 0 Å². The Bertz CT molecular complexity index is 648. The number of methoxy groups -OCH3 is 1. The summed E-state index contributed by atoms with van der Waals surface area (Å²) in [6.45, 7) is 4.06. The number of carbonyl (C=O) groups excluding carboxylic acids is 2. The molecule has 24 heavy (non-hydrogen) atoms. The number of carbonyl (C=O) groups is 2. The zero-order valence-corrected chi connectivity index (χ0v) is 14.1. The summed E-state index contributed by atoms with van der Waals surface area (Å²) >= 11 is 0. The number of esters is 1. The fourth-order valence-corrected chi connectivity index (χ4v) is 2.90. The van der Waals surface area contributed by atoms with E-state index in [1.165, 1.54) is 14.0 Å². The maximum Gasteiger partial charge on any atom is 0.308 e. The van der Waals surface area contributed by atoms with Gasteiger partial charge in [0.1, 0.15) is 11.5 Å². The Hall–Kier alpha value is -2.57. The van der Waals surface area contributed by atoms with Gasteiger partial charge in [0.25, 0.3) is 0 Å². The number of oxime groups is 1. The maximum atomic E-state index is 11.4. The normalized spacial score (nSPS) is 16.0. The van der Waals surface area contributed by atoms with Crippen LogP contribution in [-0.2, 0) is 9.59 Å². The van der Waals surface area contributed by atoms with Crippen molar-refractivity contribution in [2.24, 2.45) is 11.1 Å². The lowest BCUT2D eigenvalue weighted by molar-refractivity contribution is -0.132. The van der Waals surface area contributed by atoms with Crippen LogP contribution in [0.2, 0.25) is 0 Å². The van der Waals surface area contributed by atoms with Crippen LogP contribution in [0, 0.1) is 5.92 Å². The Morgan fingerprint density at radius 3 is 2.42 bits per heavy atom. The molecular formula is C17H22N2O5. The minimum Gasteiger partial charge on any atom is -0.497 e. The van der Waals surface area contributed by atoms with Crippen LogP contribution in [0.25, 0.3) is 0 Å². The molecule has 0 spiro atoms. The van der Waals surface area contributed by atoms with Crippen molar-refractivity contribution in [3.05, 3.63) is 23.8 Å². The molecule has 1 N–H and O–H groups in total. The lowest BCUT2D eigenvalue weighted by atomic mass is 9.87. The van der Waals surface area contributed by atoms with Gasteiger partial charge in [0, 0.05) is 38.4 Å². The molecule has 0 saturated carbocycles. The Morgan fingerprint density at radius 1 is 1.25 bits per heavy atom. The zero-order chi connectivity index (χ0) is 17.7. The largest absolute Gasteiger partial charge is 0.497 e. The second-order valence-electron chi connectivity index (χ2n) is 5.72. The Labute approximate surface area is 140 Å². The van der Waals surface area contributed by atoms with Gasteiger partial charge in [-0.05, 0) is 31.0 Å². The van der Waals surface area contributed by atoms with E-state index in [9.17, 15) is 14.8 Å². The molecule has 0 atom stereocenters. The Kier molecular flexibility index (Phi) is 5.78. The van der Waals surface area contributed by atoms with Crippen LogP contribution >= 0.6 is 0 Å². The van der Waals surface area contributed by atoms with Gasteiger partial charge in [0.05, 0.1) is 12.8 Å². The lowest BCUT2D eigenvalue weighted by Crippen LogP contribution is -2.39. The average molecular weight is 334 g/mol. The van der Waals surface area contributed by atoms with Gasteiger partial charge in [0.2, 0.25) is 5.91 Å². The van der Waals surface area contributed by atoms with Crippen molar-refractivity contribution in [3.8, 4) is 11.5 Å². The van der Waals surface area contributed by atoms with Crippen molar-refractivity contribution >= 4 is 17.6 Å². The molecule has 1 saturated heterocycles. The smallest absolute Gasteiger partial charge is 0.308 e. The Morgan fingerprint density at radius 2 is 1.92 bits per heavy atom. The van der Waals surface area contributed by atoms with Crippen LogP contribution in [0.3, 0.4) is 0 Å². The SMILES string of the molecule is COc1ccc(OC(C)=O)c(C(=NO)C2CCN(C(C)=O)CC2)c1. The van der Waals surface area contributed by atoms with E-state index in [-0.39, 0.29) is 11.8 Å². The minimum atomic E-state index is -0.454. The number of amides is 1. The van der Waals surface area contributed by atoms with E-state index >= 15 is 0 Å². The predicted octanol–water partition coefficient (Wildman–Crippen LogP) is 2.06. The molecule has 0 unspecified atom stereocenters. The highest BCUT2D eigenvalue weighted by molar-refractivity contribution is 6.05. The van der Waals surface area contributed by atoms with Gasteiger partial charge in [-0.3, -0.25) is 9.59 Å². The fourth-order valence-electron chi connectivity index (χ4n) is 2.90. The molecule has 1 amide bonds. The first-order valence-electron chi connectivity index (χ1n) is 7.80. The summed E-state index contributed by atoms with van der Waals surface area (Å²) in [7, 11) is 1.53. The third-order valence-corrected chi connectivity index (χ3v) is 4.15. The number of hydrogen-bond donors (Lipinski definition) is 1. The second kappa shape index (κ2) is 7.81. The van der Waals surface area contributed by atoms with Gasteiger partial charge < -0.3 is 19.6 Å². The van der Waals surface area contributed by atoms with Crippen LogP contribution in [-0.4, -0.2) is 47.9 Å². The minimum absolute atomic E-state index is 0.0352. The van der Waals surface area contributed by atoms with Gasteiger partial charge in [-0.25, -0.2) is 0 Å². The summed E-state index contributed by atoms with van der Waals surface area (Å²) in [5.41, 5.74) is 0.960. The number of nitrogens with zero attached hydrogens (tertiary/aromatic N) is 2. The molecule has 0 aliphatic carbocycles. The molecule has 1 aliphatic heterocycles. The first-order valence-corrected chi connectivity index (χ1v) is 7.80. The molecule has 130 valence electrons. The molecule has 1 aromatic carbocycles. The number of ether oxygens (including phenoxy) is 2. The number of likely N-dealkylation sites (tertiary alicyclic amines) is 1. The van der Waals surface area contributed by atoms with Crippen molar-refractivity contribution in [2.45, 2.75) is 26.7 Å². The summed E-state index contributed by atoms with van der Waals surface area (Å²) in [5.74, 6) is 0.448. The standard InChI is InChI=1S/C17H22N2O5/c1-11(20)19-8-6-13(7-9-19)17(18-22)15-10-14(23-3)4-5-16(15)24-12(2)21/h4-5,10,13,22H,6-9H2,1-3H3. The molecule has 1 aromatic rings. The van der Waals surface area contributed by atoms with E-state index in [2.05, 4.69) is 5.16 Å². The van der Waals surface area contributed by atoms with Crippen LogP contribution in [0.1, 0.15) is 32.3 Å². The lowest BCUT2D eigenvalue weighted by Gasteiger charge is -2.31. The molecule has 1 aliphatic rings. The van der Waals surface area contributed by atoms with Crippen molar-refractivity contribution < 1.29 is 24.3 Å². The first-order chi connectivity index (χ1) is 11.5. The van der Waals surface area contributed by atoms with Crippen molar-refractivity contribution in [1.29, 1.82) is 0 Å². The third-order valence-electron chi connectivity index (χ3n) is 4.15. The van der Waals surface area contributed by atoms with Crippen LogP contribution in [0.15, 0.2) is 23.4 Å². The van der Waals surface area contributed by atoms with Gasteiger partial charge in [-0.15, -0.1) is 0 Å². The van der Waals surface area contributed by atoms with Gasteiger partial charge in [-0.2, -0.15) is 0 Å². The summed E-state index contributed by atoms with van der Waals surface area (Å²) in [5, 5.41) is 13.0. The van der Waals surface area contributed by atoms with E-state index in [1.54, 1.807) is 30.0 Å². The number of hydrogen-bond acceptors (Lipinski definition) is 6. The summed E-state index contributed by atoms with van der Waals surface area (Å²) in [6.07, 6.45) is 1.35. The molecule has 0 aromatic heterocycles. The number of piperidine rings is 1. The molecule has 7 nitrogen and oxygen atoms in total. The highest BCUT2D eigenvalue weighted by Gasteiger charge is 2.28. The van der Waals surface area contributed by atoms with E-state index in [4.69, 9.17) is 9.47 Å². The van der Waals surface area contributed by atoms with Crippen LogP contribution in [0.5, 0.6) is 11.5 Å². The topological polar surface area (TPSA) is 88.4 Å². The van der Waals surface area contributed by atoms with Crippen molar-refractivity contribution in [3.63, 3.8) is 0 Å². The van der Waals surface area contributed by atoms with E-state index in [1.807, 2.05) is 0 Å². The molecule has 0 bridgehead atoms. The fraction of sp³-hybridized carbons (Fsp3) is 0.471. The van der Waals surface area contributed by atoms with Crippen molar-refractivity contribution in [2.75, 3.05) is 20.2 Å². The zero-order valence-electron chi connectivity index (χ0n) is 14.1. The predicted molar refractivity (Wildman–Crippen MR) is 87.6 cm³/mol. The van der Waals surface area contributed by atoms with Crippen LogP contribution < -0.4 is 9.47 Å². The average Bonchev–Trinajstić information content (AvgIpc) is 2.57. The van der Waals surface area contributed by atoms with E-state index in [0.717, 1.165) is 0 Å². The molecule has 1 fully saturated rings. The maximum absolute atomic E-state index is 11.4. The quantitative estimate of drug-likeness (QED) is 0.299. The molecule has 1 heterocycles. The number of rotatable bonds is 4. The summed E-state index contributed by atoms with van der Waals surface area (Å²) in [6, 6.07) is 4.98. The highest BCUT2D eigenvalue weighted by atomic mass is 16.5. The molecule has 0 radical (unpaired) electrons. The molecule has 2 rings (SSSR count). The summed E-state index contributed by atoms with van der Waals surface area (Å²) < 4.78 is 10.4. The molecule has 7 heteroatoms. The van der Waals surface area contributed by atoms with Crippen molar-refractivity contribution in [1.82, 2.24) is 4.90 Å². The van der Waals surface area contributed by atoms with E-state index < -0.39 is 5.97 Å². The van der Waals surface area contributed by atoms with Gasteiger partial charge in [0.15, 0.2) is 0 Å². The Balaban J connectivity index is 2.30. The highest BCUT2D eigenvalue weighted by Crippen LogP contribution is 2.30. The van der Waals surface area contributed by atoms with E-state index in [0.29, 0.717) is 48.7 Å². The first kappa shape index (κ1) is 17.8. The third kappa shape index (κ3) is 4.04. The monoisotopic (exact) mass is 334 g/mol.